The van der Waals surface area contributed by atoms with Crippen LogP contribution in [0.4, 0.5) is 0 Å². The van der Waals surface area contributed by atoms with Crippen molar-refractivity contribution in [1.29, 1.82) is 0 Å². The molecule has 0 bridgehead atoms. The Kier molecular flexibility index (Phi) is 3.90. The van der Waals surface area contributed by atoms with Gasteiger partial charge in [0.1, 0.15) is 12.4 Å². The van der Waals surface area contributed by atoms with Crippen LogP contribution in [0.15, 0.2) is 30.5 Å². The summed E-state index contributed by atoms with van der Waals surface area (Å²) >= 11 is 0. The van der Waals surface area contributed by atoms with Crippen molar-refractivity contribution in [2.75, 3.05) is 0 Å². The number of fused-ring (bicyclic) bond motifs is 3. The van der Waals surface area contributed by atoms with Crippen LogP contribution in [0.2, 0.25) is 0 Å². The number of esters is 1. The first-order valence-corrected chi connectivity index (χ1v) is 7.60. The molecule has 2 aromatic heterocycles. The Bertz CT molecular complexity index is 884. The summed E-state index contributed by atoms with van der Waals surface area (Å²) in [4.78, 5) is 15.6. The lowest BCUT2D eigenvalue weighted by molar-refractivity contribution is -0.575. The van der Waals surface area contributed by atoms with E-state index >= 15 is 0 Å². The standard InChI is InChI=1S/C17H19N3O3/c1-11(2)8-19-16(10-23-12(3)21)18-14-9-20(22)15-7-5-4-6-13(15)17(14)19/h4-7,9,11H,8,10H2,1-3H3. The van der Waals surface area contributed by atoms with Gasteiger partial charge in [-0.1, -0.05) is 26.0 Å². The second-order valence-corrected chi connectivity index (χ2v) is 6.02. The number of carbonyl (C=O) groups is 1. The van der Waals surface area contributed by atoms with Gasteiger partial charge >= 0.3 is 5.97 Å². The van der Waals surface area contributed by atoms with Crippen molar-refractivity contribution >= 4 is 27.9 Å². The van der Waals surface area contributed by atoms with Gasteiger partial charge in [0.15, 0.2) is 5.52 Å². The third-order valence-corrected chi connectivity index (χ3v) is 3.66. The smallest absolute Gasteiger partial charge is 0.303 e. The molecular weight excluding hydrogens is 294 g/mol. The highest BCUT2D eigenvalue weighted by molar-refractivity contribution is 6.00. The lowest BCUT2D eigenvalue weighted by Gasteiger charge is -2.12. The van der Waals surface area contributed by atoms with Crippen LogP contribution < -0.4 is 4.73 Å². The number of hydrogen-bond donors (Lipinski definition) is 0. The molecular formula is C17H19N3O3. The van der Waals surface area contributed by atoms with Gasteiger partial charge in [0.2, 0.25) is 11.7 Å². The molecule has 0 aliphatic heterocycles. The van der Waals surface area contributed by atoms with E-state index in [1.807, 2.05) is 22.8 Å². The number of imidazole rings is 1. The molecule has 0 spiro atoms. The van der Waals surface area contributed by atoms with E-state index in [2.05, 4.69) is 18.8 Å². The minimum atomic E-state index is -0.350. The zero-order valence-electron chi connectivity index (χ0n) is 13.4. The normalized spacial score (nSPS) is 11.5. The molecule has 1 aromatic carbocycles. The van der Waals surface area contributed by atoms with Gasteiger partial charge in [-0.05, 0) is 12.0 Å². The summed E-state index contributed by atoms with van der Waals surface area (Å²) in [6.07, 6.45) is 1.48. The lowest BCUT2D eigenvalue weighted by atomic mass is 10.1. The summed E-state index contributed by atoms with van der Waals surface area (Å²) in [5.74, 6) is 0.693. The number of para-hydroxylation sites is 1. The monoisotopic (exact) mass is 313 g/mol. The Labute approximate surface area is 133 Å². The molecule has 0 aliphatic rings. The molecule has 0 aliphatic carbocycles. The van der Waals surface area contributed by atoms with Crippen molar-refractivity contribution in [3.63, 3.8) is 0 Å². The molecule has 0 fully saturated rings. The fraction of sp³-hybridized carbons (Fsp3) is 0.353. The highest BCUT2D eigenvalue weighted by Gasteiger charge is 2.19. The number of aromatic nitrogens is 3. The topological polar surface area (TPSA) is 71.1 Å². The van der Waals surface area contributed by atoms with Crippen LogP contribution in [0, 0.1) is 11.1 Å². The third-order valence-electron chi connectivity index (χ3n) is 3.66. The van der Waals surface area contributed by atoms with Gasteiger partial charge in [0.25, 0.3) is 0 Å². The van der Waals surface area contributed by atoms with Crippen LogP contribution in [0.3, 0.4) is 0 Å². The first kappa shape index (κ1) is 15.3. The zero-order valence-corrected chi connectivity index (χ0v) is 13.4. The Balaban J connectivity index is 2.27. The van der Waals surface area contributed by atoms with Crippen molar-refractivity contribution in [3.8, 4) is 0 Å². The van der Waals surface area contributed by atoms with Crippen LogP contribution >= 0.6 is 0 Å². The van der Waals surface area contributed by atoms with E-state index < -0.39 is 0 Å². The summed E-state index contributed by atoms with van der Waals surface area (Å²) in [6.45, 7) is 6.43. The Morgan fingerprint density at radius 2 is 2.13 bits per heavy atom. The molecule has 2 heterocycles. The number of pyridine rings is 1. The van der Waals surface area contributed by atoms with E-state index in [0.29, 0.717) is 22.8 Å². The van der Waals surface area contributed by atoms with Crippen molar-refractivity contribution in [2.45, 2.75) is 33.9 Å². The molecule has 0 amide bonds. The summed E-state index contributed by atoms with van der Waals surface area (Å²) in [5, 5.41) is 13.0. The van der Waals surface area contributed by atoms with Crippen LogP contribution in [-0.4, -0.2) is 15.5 Å². The third kappa shape index (κ3) is 2.84. The molecule has 0 radical (unpaired) electrons. The second kappa shape index (κ2) is 5.87. The SMILES string of the molecule is CC(=O)OCc1nc2c[n+]([O-])c3ccccc3c2n1CC(C)C. The second-order valence-electron chi connectivity index (χ2n) is 6.02. The zero-order chi connectivity index (χ0) is 16.6. The maximum atomic E-state index is 12.2. The van der Waals surface area contributed by atoms with Gasteiger partial charge in [-0.25, -0.2) is 4.98 Å². The average molecular weight is 313 g/mol. The number of ether oxygens (including phenoxy) is 1. The fourth-order valence-electron chi connectivity index (χ4n) is 2.78. The van der Waals surface area contributed by atoms with Crippen molar-refractivity contribution in [1.82, 2.24) is 9.55 Å². The predicted octanol–water partition coefficient (Wildman–Crippen LogP) is 2.54. The van der Waals surface area contributed by atoms with E-state index in [1.165, 1.54) is 13.1 Å². The molecule has 120 valence electrons. The van der Waals surface area contributed by atoms with Crippen molar-refractivity contribution < 1.29 is 14.3 Å². The highest BCUT2D eigenvalue weighted by atomic mass is 16.5. The molecule has 0 unspecified atom stereocenters. The lowest BCUT2D eigenvalue weighted by Crippen LogP contribution is -2.26. The first-order chi connectivity index (χ1) is 11.0. The van der Waals surface area contributed by atoms with Crippen LogP contribution in [-0.2, 0) is 22.7 Å². The summed E-state index contributed by atoms with van der Waals surface area (Å²) < 4.78 is 8.00. The molecule has 23 heavy (non-hydrogen) atoms. The number of rotatable bonds is 4. The molecule has 3 aromatic rings. The number of nitrogens with zero attached hydrogens (tertiary/aromatic N) is 3. The van der Waals surface area contributed by atoms with E-state index in [-0.39, 0.29) is 12.6 Å². The van der Waals surface area contributed by atoms with Gasteiger partial charge in [-0.2, -0.15) is 4.73 Å². The van der Waals surface area contributed by atoms with Gasteiger partial charge in [0, 0.05) is 19.5 Å². The van der Waals surface area contributed by atoms with Crippen LogP contribution in [0.1, 0.15) is 26.6 Å². The minimum Gasteiger partial charge on any atom is -0.618 e. The largest absolute Gasteiger partial charge is 0.618 e. The Morgan fingerprint density at radius 1 is 1.39 bits per heavy atom. The molecule has 3 rings (SSSR count). The van der Waals surface area contributed by atoms with E-state index in [1.54, 1.807) is 6.07 Å². The minimum absolute atomic E-state index is 0.101. The summed E-state index contributed by atoms with van der Waals surface area (Å²) in [7, 11) is 0. The highest BCUT2D eigenvalue weighted by Crippen LogP contribution is 2.25. The van der Waals surface area contributed by atoms with Gasteiger partial charge in [-0.15, -0.1) is 0 Å². The molecule has 0 saturated heterocycles. The van der Waals surface area contributed by atoms with Crippen LogP contribution in [0.25, 0.3) is 21.9 Å². The fourth-order valence-corrected chi connectivity index (χ4v) is 2.78. The molecule has 0 N–H and O–H groups in total. The molecule has 0 saturated carbocycles. The Hall–Kier alpha value is -2.63. The van der Waals surface area contributed by atoms with E-state index in [9.17, 15) is 10.0 Å². The molecule has 6 nitrogen and oxygen atoms in total. The summed E-state index contributed by atoms with van der Waals surface area (Å²) in [6, 6.07) is 7.45. The van der Waals surface area contributed by atoms with Crippen molar-refractivity contribution in [3.05, 3.63) is 41.5 Å². The first-order valence-electron chi connectivity index (χ1n) is 7.60. The van der Waals surface area contributed by atoms with Gasteiger partial charge in [0.05, 0.1) is 10.9 Å². The average Bonchev–Trinajstić information content (AvgIpc) is 2.82. The van der Waals surface area contributed by atoms with Gasteiger partial charge < -0.3 is 14.5 Å². The maximum absolute atomic E-state index is 12.2. The predicted molar refractivity (Wildman–Crippen MR) is 86.5 cm³/mol. The molecule has 6 heteroatoms. The quantitative estimate of drug-likeness (QED) is 0.421. The van der Waals surface area contributed by atoms with Crippen LogP contribution in [0.5, 0.6) is 0 Å². The maximum Gasteiger partial charge on any atom is 0.303 e. The number of hydrogen-bond acceptors (Lipinski definition) is 4. The van der Waals surface area contributed by atoms with Gasteiger partial charge in [-0.3, -0.25) is 4.79 Å². The number of carbonyl (C=O) groups excluding carboxylic acids is 1. The van der Waals surface area contributed by atoms with Crippen molar-refractivity contribution in [2.24, 2.45) is 5.92 Å². The Morgan fingerprint density at radius 3 is 2.83 bits per heavy atom. The van der Waals surface area contributed by atoms with E-state index in [0.717, 1.165) is 22.2 Å². The number of benzene rings is 1. The molecule has 0 atom stereocenters. The summed E-state index contributed by atoms with van der Waals surface area (Å²) in [5.41, 5.74) is 2.12. The van der Waals surface area contributed by atoms with E-state index in [4.69, 9.17) is 4.74 Å².